The third-order valence-electron chi connectivity index (χ3n) is 3.94. The quantitative estimate of drug-likeness (QED) is 0.634. The van der Waals surface area contributed by atoms with Crippen molar-refractivity contribution in [3.05, 3.63) is 11.3 Å². The SMILES string of the molecule is O=C1NC2(CCCC2)NC2=C1CCCC2. The lowest BCUT2D eigenvalue weighted by molar-refractivity contribution is -0.120. The van der Waals surface area contributed by atoms with Crippen LogP contribution < -0.4 is 10.6 Å². The van der Waals surface area contributed by atoms with E-state index in [1.807, 2.05) is 0 Å². The molecule has 3 rings (SSSR count). The predicted molar refractivity (Wildman–Crippen MR) is 58.0 cm³/mol. The highest BCUT2D eigenvalue weighted by Gasteiger charge is 2.40. The van der Waals surface area contributed by atoms with Gasteiger partial charge in [-0.25, -0.2) is 0 Å². The molecule has 3 nitrogen and oxygen atoms in total. The second-order valence-electron chi connectivity index (χ2n) is 5.03. The fourth-order valence-corrected chi connectivity index (χ4v) is 3.14. The van der Waals surface area contributed by atoms with Gasteiger partial charge in [-0.15, -0.1) is 0 Å². The molecule has 1 spiro atoms. The van der Waals surface area contributed by atoms with Crippen LogP contribution in [0, 0.1) is 0 Å². The Morgan fingerprint density at radius 2 is 1.67 bits per heavy atom. The molecule has 1 fully saturated rings. The summed E-state index contributed by atoms with van der Waals surface area (Å²) in [5.41, 5.74) is 2.19. The van der Waals surface area contributed by atoms with E-state index in [2.05, 4.69) is 10.6 Å². The molecule has 1 saturated carbocycles. The number of hydrogen-bond donors (Lipinski definition) is 2. The lowest BCUT2D eigenvalue weighted by Gasteiger charge is -2.40. The first-order valence-corrected chi connectivity index (χ1v) is 6.12. The summed E-state index contributed by atoms with van der Waals surface area (Å²) in [6, 6.07) is 0. The Bertz CT molecular complexity index is 327. The van der Waals surface area contributed by atoms with Crippen LogP contribution in [0.1, 0.15) is 51.4 Å². The van der Waals surface area contributed by atoms with Gasteiger partial charge in [0.15, 0.2) is 0 Å². The Morgan fingerprint density at radius 1 is 0.933 bits per heavy atom. The van der Waals surface area contributed by atoms with Crippen molar-refractivity contribution in [1.82, 2.24) is 10.6 Å². The summed E-state index contributed by atoms with van der Waals surface area (Å²) in [5.74, 6) is 0.199. The predicted octanol–water partition coefficient (Wildman–Crippen LogP) is 1.80. The minimum atomic E-state index is -0.0761. The molecule has 0 saturated heterocycles. The minimum Gasteiger partial charge on any atom is -0.366 e. The maximum Gasteiger partial charge on any atom is 0.250 e. The standard InChI is InChI=1S/C12H18N2O/c15-11-9-5-1-2-6-10(9)13-12(14-11)7-3-4-8-12/h13H,1-8H2,(H,14,15). The number of nitrogens with one attached hydrogen (secondary N) is 2. The maximum absolute atomic E-state index is 12.0. The third kappa shape index (κ3) is 1.45. The van der Waals surface area contributed by atoms with E-state index in [4.69, 9.17) is 0 Å². The van der Waals surface area contributed by atoms with Gasteiger partial charge in [-0.05, 0) is 51.4 Å². The molecule has 0 aromatic rings. The average Bonchev–Trinajstić information content (AvgIpc) is 2.66. The zero-order valence-electron chi connectivity index (χ0n) is 9.07. The molecule has 2 N–H and O–H groups in total. The van der Waals surface area contributed by atoms with Gasteiger partial charge >= 0.3 is 0 Å². The van der Waals surface area contributed by atoms with Gasteiger partial charge in [0.25, 0.3) is 5.91 Å². The van der Waals surface area contributed by atoms with Crippen LogP contribution in [0.15, 0.2) is 11.3 Å². The second-order valence-corrected chi connectivity index (χ2v) is 5.03. The minimum absolute atomic E-state index is 0.0761. The van der Waals surface area contributed by atoms with Gasteiger partial charge in [-0.1, -0.05) is 0 Å². The van der Waals surface area contributed by atoms with Gasteiger partial charge in [0.1, 0.15) is 5.66 Å². The van der Waals surface area contributed by atoms with Crippen molar-refractivity contribution in [3.63, 3.8) is 0 Å². The Morgan fingerprint density at radius 3 is 2.47 bits per heavy atom. The van der Waals surface area contributed by atoms with Crippen LogP contribution in [-0.4, -0.2) is 11.6 Å². The Hall–Kier alpha value is -0.990. The van der Waals surface area contributed by atoms with Crippen molar-refractivity contribution in [3.8, 4) is 0 Å². The molecule has 3 aliphatic rings. The molecule has 2 aliphatic carbocycles. The van der Waals surface area contributed by atoms with Crippen molar-refractivity contribution in [2.75, 3.05) is 0 Å². The number of allylic oxidation sites excluding steroid dienone is 1. The molecule has 0 aromatic carbocycles. The van der Waals surface area contributed by atoms with E-state index in [0.717, 1.165) is 31.3 Å². The van der Waals surface area contributed by atoms with E-state index >= 15 is 0 Å². The molecular formula is C12H18N2O. The van der Waals surface area contributed by atoms with Crippen molar-refractivity contribution in [2.24, 2.45) is 0 Å². The van der Waals surface area contributed by atoms with E-state index in [-0.39, 0.29) is 11.6 Å². The van der Waals surface area contributed by atoms with Gasteiger partial charge in [0, 0.05) is 11.3 Å². The van der Waals surface area contributed by atoms with E-state index in [0.29, 0.717) is 0 Å². The summed E-state index contributed by atoms with van der Waals surface area (Å²) in [6.07, 6.45) is 9.09. The van der Waals surface area contributed by atoms with Crippen LogP contribution in [0.5, 0.6) is 0 Å². The first-order valence-electron chi connectivity index (χ1n) is 6.12. The average molecular weight is 206 g/mol. The zero-order chi connectivity index (χ0) is 10.3. The van der Waals surface area contributed by atoms with E-state index in [9.17, 15) is 4.79 Å². The molecular weight excluding hydrogens is 188 g/mol. The fraction of sp³-hybridized carbons (Fsp3) is 0.750. The van der Waals surface area contributed by atoms with Crippen molar-refractivity contribution < 1.29 is 4.79 Å². The molecule has 0 aromatic heterocycles. The lowest BCUT2D eigenvalue weighted by Crippen LogP contribution is -2.60. The highest BCUT2D eigenvalue weighted by molar-refractivity contribution is 5.95. The van der Waals surface area contributed by atoms with Gasteiger partial charge in [-0.2, -0.15) is 0 Å². The first-order chi connectivity index (χ1) is 7.29. The Labute approximate surface area is 90.3 Å². The molecule has 0 bridgehead atoms. The molecule has 1 heterocycles. The van der Waals surface area contributed by atoms with Crippen LogP contribution in [0.4, 0.5) is 0 Å². The molecule has 0 radical (unpaired) electrons. The van der Waals surface area contributed by atoms with Crippen LogP contribution >= 0.6 is 0 Å². The summed E-state index contributed by atoms with van der Waals surface area (Å²) in [6.45, 7) is 0. The summed E-state index contributed by atoms with van der Waals surface area (Å²) in [5, 5.41) is 6.79. The Balaban J connectivity index is 1.91. The number of rotatable bonds is 0. The molecule has 0 unspecified atom stereocenters. The van der Waals surface area contributed by atoms with Gasteiger partial charge in [0.2, 0.25) is 0 Å². The van der Waals surface area contributed by atoms with E-state index in [1.54, 1.807) is 0 Å². The van der Waals surface area contributed by atoms with Crippen LogP contribution in [0.3, 0.4) is 0 Å². The number of carbonyl (C=O) groups is 1. The smallest absolute Gasteiger partial charge is 0.250 e. The number of hydrogen-bond acceptors (Lipinski definition) is 2. The summed E-state index contributed by atoms with van der Waals surface area (Å²) in [4.78, 5) is 12.0. The van der Waals surface area contributed by atoms with E-state index < -0.39 is 0 Å². The van der Waals surface area contributed by atoms with Crippen molar-refractivity contribution in [1.29, 1.82) is 0 Å². The largest absolute Gasteiger partial charge is 0.366 e. The first kappa shape index (κ1) is 9.25. The monoisotopic (exact) mass is 206 g/mol. The molecule has 0 atom stereocenters. The van der Waals surface area contributed by atoms with Crippen LogP contribution in [-0.2, 0) is 4.79 Å². The maximum atomic E-state index is 12.0. The van der Waals surface area contributed by atoms with Crippen LogP contribution in [0.2, 0.25) is 0 Å². The summed E-state index contributed by atoms with van der Waals surface area (Å²) in [7, 11) is 0. The highest BCUT2D eigenvalue weighted by Crippen LogP contribution is 2.35. The van der Waals surface area contributed by atoms with Gasteiger partial charge in [-0.3, -0.25) is 4.79 Å². The van der Waals surface area contributed by atoms with Gasteiger partial charge in [0.05, 0.1) is 0 Å². The molecule has 15 heavy (non-hydrogen) atoms. The second kappa shape index (κ2) is 3.26. The Kier molecular flexibility index (Phi) is 2.01. The lowest BCUT2D eigenvalue weighted by atomic mass is 9.91. The van der Waals surface area contributed by atoms with E-state index in [1.165, 1.54) is 31.4 Å². The fourth-order valence-electron chi connectivity index (χ4n) is 3.14. The number of amides is 1. The molecule has 3 heteroatoms. The van der Waals surface area contributed by atoms with Crippen LogP contribution in [0.25, 0.3) is 0 Å². The summed E-state index contributed by atoms with van der Waals surface area (Å²) >= 11 is 0. The molecule has 82 valence electrons. The molecule has 1 amide bonds. The highest BCUT2D eigenvalue weighted by atomic mass is 16.2. The normalized spacial score (nSPS) is 28.7. The van der Waals surface area contributed by atoms with Gasteiger partial charge < -0.3 is 10.6 Å². The number of carbonyl (C=O) groups excluding carboxylic acids is 1. The topological polar surface area (TPSA) is 41.1 Å². The third-order valence-corrected chi connectivity index (χ3v) is 3.94. The summed E-state index contributed by atoms with van der Waals surface area (Å²) < 4.78 is 0. The van der Waals surface area contributed by atoms with Crippen molar-refractivity contribution in [2.45, 2.75) is 57.0 Å². The van der Waals surface area contributed by atoms with Crippen molar-refractivity contribution >= 4 is 5.91 Å². The zero-order valence-corrected chi connectivity index (χ0v) is 9.07. The molecule has 1 aliphatic heterocycles.